The van der Waals surface area contributed by atoms with Crippen molar-refractivity contribution in [1.82, 2.24) is 5.16 Å². The molecule has 0 amide bonds. The third-order valence-electron chi connectivity index (χ3n) is 1.82. The number of benzene rings is 1. The molecule has 0 saturated heterocycles. The summed E-state index contributed by atoms with van der Waals surface area (Å²) in [6.45, 7) is 0. The van der Waals surface area contributed by atoms with Gasteiger partial charge in [0.2, 0.25) is 5.88 Å². The Balaban J connectivity index is 2.58. The number of nitrogens with two attached hydrogens (primary N) is 1. The number of hydrogen-bond donors (Lipinski definition) is 1. The second kappa shape index (κ2) is 3.31. The van der Waals surface area contributed by atoms with Crippen molar-refractivity contribution in [1.29, 1.82) is 0 Å². The predicted octanol–water partition coefficient (Wildman–Crippen LogP) is 2.72. The Kier molecular flexibility index (Phi) is 2.13. The molecule has 0 fully saturated rings. The minimum Gasteiger partial charge on any atom is -0.367 e. The minimum absolute atomic E-state index is 0.165. The second-order valence-corrected chi connectivity index (χ2v) is 3.14. The fourth-order valence-electron chi connectivity index (χ4n) is 1.16. The summed E-state index contributed by atoms with van der Waals surface area (Å²) < 4.78 is 17.4. The van der Waals surface area contributed by atoms with Crippen molar-refractivity contribution in [2.75, 3.05) is 5.73 Å². The summed E-state index contributed by atoms with van der Waals surface area (Å²) in [6.07, 6.45) is 1.44. The zero-order valence-corrected chi connectivity index (χ0v) is 7.75. The molecule has 0 aliphatic carbocycles. The van der Waals surface area contributed by atoms with Gasteiger partial charge in [-0.3, -0.25) is 0 Å². The molecule has 0 aliphatic heterocycles. The summed E-state index contributed by atoms with van der Waals surface area (Å²) >= 11 is 5.83. The lowest BCUT2D eigenvalue weighted by Crippen LogP contribution is -1.86. The molecule has 5 heteroatoms. The molecule has 0 saturated carbocycles. The fraction of sp³-hybridized carbons (Fsp3) is 0. The lowest BCUT2D eigenvalue weighted by molar-refractivity contribution is 0.436. The molecule has 14 heavy (non-hydrogen) atoms. The maximum Gasteiger partial charge on any atom is 0.230 e. The minimum atomic E-state index is -0.395. The van der Waals surface area contributed by atoms with E-state index in [2.05, 4.69) is 9.68 Å². The molecule has 0 unspecified atom stereocenters. The van der Waals surface area contributed by atoms with Crippen molar-refractivity contribution in [3.63, 3.8) is 0 Å². The van der Waals surface area contributed by atoms with Crippen LogP contribution in [0, 0.1) is 5.82 Å². The van der Waals surface area contributed by atoms with Crippen molar-refractivity contribution in [2.45, 2.75) is 0 Å². The van der Waals surface area contributed by atoms with Gasteiger partial charge in [-0.2, -0.15) is 0 Å². The molecule has 0 radical (unpaired) electrons. The zero-order valence-electron chi connectivity index (χ0n) is 7.00. The van der Waals surface area contributed by atoms with Crippen LogP contribution in [0.25, 0.3) is 11.1 Å². The highest BCUT2D eigenvalue weighted by Crippen LogP contribution is 2.31. The van der Waals surface area contributed by atoms with Gasteiger partial charge in [0, 0.05) is 5.56 Å². The smallest absolute Gasteiger partial charge is 0.230 e. The summed E-state index contributed by atoms with van der Waals surface area (Å²) in [6, 6.07) is 4.04. The topological polar surface area (TPSA) is 52.0 Å². The molecule has 1 aromatic heterocycles. The van der Waals surface area contributed by atoms with Crippen LogP contribution in [0.3, 0.4) is 0 Å². The molecule has 1 heterocycles. The van der Waals surface area contributed by atoms with Gasteiger partial charge in [0.15, 0.2) is 0 Å². The summed E-state index contributed by atoms with van der Waals surface area (Å²) in [5.41, 5.74) is 6.67. The van der Waals surface area contributed by atoms with E-state index in [0.717, 1.165) is 0 Å². The molecule has 2 rings (SSSR count). The van der Waals surface area contributed by atoms with Crippen LogP contribution in [-0.2, 0) is 0 Å². The first kappa shape index (κ1) is 9.02. The Hall–Kier alpha value is -1.55. The van der Waals surface area contributed by atoms with Crippen molar-refractivity contribution in [3.8, 4) is 11.1 Å². The van der Waals surface area contributed by atoms with Gasteiger partial charge < -0.3 is 10.3 Å². The van der Waals surface area contributed by atoms with Crippen molar-refractivity contribution >= 4 is 17.5 Å². The first-order valence-electron chi connectivity index (χ1n) is 3.84. The van der Waals surface area contributed by atoms with E-state index in [-0.39, 0.29) is 10.9 Å². The first-order chi connectivity index (χ1) is 6.68. The van der Waals surface area contributed by atoms with Gasteiger partial charge in [0.25, 0.3) is 0 Å². The molecule has 0 atom stereocenters. The Morgan fingerprint density at radius 3 is 2.71 bits per heavy atom. The van der Waals surface area contributed by atoms with Gasteiger partial charge in [0.05, 0.1) is 16.8 Å². The normalized spacial score (nSPS) is 10.4. The van der Waals surface area contributed by atoms with Gasteiger partial charge in [-0.25, -0.2) is 4.39 Å². The number of nitrogen functional groups attached to an aromatic ring is 1. The molecule has 0 bridgehead atoms. The standard InChI is InChI=1S/C9H6ClFN2O/c10-8-3-5(11)1-2-6(8)7-4-13-14-9(7)12/h1-4H,12H2. The SMILES string of the molecule is Nc1oncc1-c1ccc(F)cc1Cl. The maximum atomic E-state index is 12.7. The van der Waals surface area contributed by atoms with Crippen LogP contribution >= 0.6 is 11.6 Å². The quantitative estimate of drug-likeness (QED) is 0.791. The van der Waals surface area contributed by atoms with E-state index in [4.69, 9.17) is 17.3 Å². The van der Waals surface area contributed by atoms with Gasteiger partial charge >= 0.3 is 0 Å². The summed E-state index contributed by atoms with van der Waals surface area (Å²) in [4.78, 5) is 0. The van der Waals surface area contributed by atoms with Crippen LogP contribution in [0.5, 0.6) is 0 Å². The van der Waals surface area contributed by atoms with E-state index < -0.39 is 5.82 Å². The lowest BCUT2D eigenvalue weighted by atomic mass is 10.1. The van der Waals surface area contributed by atoms with Gasteiger partial charge in [-0.15, -0.1) is 0 Å². The van der Waals surface area contributed by atoms with Crippen molar-refractivity contribution < 1.29 is 8.91 Å². The van der Waals surface area contributed by atoms with E-state index in [1.807, 2.05) is 0 Å². The van der Waals surface area contributed by atoms with Gasteiger partial charge in [-0.1, -0.05) is 16.8 Å². The fourth-order valence-corrected chi connectivity index (χ4v) is 1.43. The van der Waals surface area contributed by atoms with Crippen LogP contribution in [0.2, 0.25) is 5.02 Å². The average molecular weight is 213 g/mol. The van der Waals surface area contributed by atoms with Crippen molar-refractivity contribution in [2.24, 2.45) is 0 Å². The van der Waals surface area contributed by atoms with Crippen LogP contribution in [-0.4, -0.2) is 5.16 Å². The number of hydrogen-bond acceptors (Lipinski definition) is 3. The zero-order chi connectivity index (χ0) is 10.1. The number of nitrogens with zero attached hydrogens (tertiary/aromatic N) is 1. The van der Waals surface area contributed by atoms with E-state index >= 15 is 0 Å². The third kappa shape index (κ3) is 1.44. The van der Waals surface area contributed by atoms with Crippen molar-refractivity contribution in [3.05, 3.63) is 35.2 Å². The molecular weight excluding hydrogens is 207 g/mol. The Morgan fingerprint density at radius 1 is 1.36 bits per heavy atom. The number of rotatable bonds is 1. The first-order valence-corrected chi connectivity index (χ1v) is 4.22. The van der Waals surface area contributed by atoms with Crippen LogP contribution in [0.15, 0.2) is 28.9 Å². The van der Waals surface area contributed by atoms with Crippen LogP contribution < -0.4 is 5.73 Å². The Morgan fingerprint density at radius 2 is 2.14 bits per heavy atom. The highest BCUT2D eigenvalue weighted by Gasteiger charge is 2.10. The lowest BCUT2D eigenvalue weighted by Gasteiger charge is -2.00. The van der Waals surface area contributed by atoms with E-state index in [0.29, 0.717) is 11.1 Å². The van der Waals surface area contributed by atoms with Gasteiger partial charge in [-0.05, 0) is 18.2 Å². The monoisotopic (exact) mass is 212 g/mol. The molecule has 2 N–H and O–H groups in total. The number of anilines is 1. The van der Waals surface area contributed by atoms with Crippen LogP contribution in [0.4, 0.5) is 10.3 Å². The number of aromatic nitrogens is 1. The molecule has 0 aliphatic rings. The third-order valence-corrected chi connectivity index (χ3v) is 2.13. The largest absolute Gasteiger partial charge is 0.367 e. The van der Waals surface area contributed by atoms with E-state index in [1.165, 1.54) is 24.4 Å². The van der Waals surface area contributed by atoms with E-state index in [1.54, 1.807) is 0 Å². The Bertz CT molecular complexity index is 470. The molecule has 2 aromatic rings. The van der Waals surface area contributed by atoms with Crippen LogP contribution in [0.1, 0.15) is 0 Å². The summed E-state index contributed by atoms with van der Waals surface area (Å²) in [7, 11) is 0. The Labute approximate surface area is 84.3 Å². The highest BCUT2D eigenvalue weighted by molar-refractivity contribution is 6.33. The molecule has 0 spiro atoms. The predicted molar refractivity (Wildman–Crippen MR) is 51.3 cm³/mol. The summed E-state index contributed by atoms with van der Waals surface area (Å²) in [5.74, 6) is -0.229. The summed E-state index contributed by atoms with van der Waals surface area (Å²) in [5, 5.41) is 3.79. The molecular formula is C9H6ClFN2O. The molecule has 3 nitrogen and oxygen atoms in total. The molecule has 72 valence electrons. The van der Waals surface area contributed by atoms with E-state index in [9.17, 15) is 4.39 Å². The maximum absolute atomic E-state index is 12.7. The average Bonchev–Trinajstić information content (AvgIpc) is 2.52. The second-order valence-electron chi connectivity index (χ2n) is 2.73. The highest BCUT2D eigenvalue weighted by atomic mass is 35.5. The van der Waals surface area contributed by atoms with Gasteiger partial charge in [0.1, 0.15) is 5.82 Å². The molecule has 1 aromatic carbocycles. The number of halogens is 2.